The highest BCUT2D eigenvalue weighted by atomic mass is 79.9. The van der Waals surface area contributed by atoms with Crippen molar-refractivity contribution < 1.29 is 23.8 Å². The first-order chi connectivity index (χ1) is 16.8. The van der Waals surface area contributed by atoms with Crippen LogP contribution in [0.3, 0.4) is 0 Å². The highest BCUT2D eigenvalue weighted by Gasteiger charge is 2.24. The third kappa shape index (κ3) is 4.99. The maximum atomic E-state index is 12.6. The first kappa shape index (κ1) is 25.0. The molecule has 0 saturated carbocycles. The number of aromatic nitrogens is 2. The molecule has 0 fully saturated rings. The highest BCUT2D eigenvalue weighted by molar-refractivity contribution is 9.10. The number of hydrogen-bond acceptors (Lipinski definition) is 5. The molecular formula is C26H24BrClN2O5. The van der Waals surface area contributed by atoms with E-state index in [4.69, 9.17) is 20.8 Å². The number of benzene rings is 2. The number of ether oxygens (including phenoxy) is 1. The molecule has 1 N–H and O–H groups in total. The number of carboxylic acids is 1. The molecule has 35 heavy (non-hydrogen) atoms. The van der Waals surface area contributed by atoms with Crippen molar-refractivity contribution in [1.29, 1.82) is 0 Å². The lowest BCUT2D eigenvalue weighted by atomic mass is 10.0. The Morgan fingerprint density at radius 2 is 1.94 bits per heavy atom. The molecule has 182 valence electrons. The van der Waals surface area contributed by atoms with Crippen LogP contribution in [0.4, 0.5) is 0 Å². The predicted molar refractivity (Wildman–Crippen MR) is 137 cm³/mol. The van der Waals surface area contributed by atoms with E-state index in [-0.39, 0.29) is 23.0 Å². The number of imidazole rings is 1. The first-order valence-corrected chi connectivity index (χ1v) is 12.5. The van der Waals surface area contributed by atoms with Crippen molar-refractivity contribution >= 4 is 50.2 Å². The molecule has 0 atom stereocenters. The fourth-order valence-electron chi connectivity index (χ4n) is 4.06. The number of halogens is 2. The van der Waals surface area contributed by atoms with Crippen LogP contribution in [0, 0.1) is 0 Å². The monoisotopic (exact) mass is 558 g/mol. The summed E-state index contributed by atoms with van der Waals surface area (Å²) in [6.07, 6.45) is 2.57. The van der Waals surface area contributed by atoms with E-state index in [1.165, 1.54) is 0 Å². The number of carboxylic acid groups (broad SMARTS) is 1. The van der Waals surface area contributed by atoms with Crippen LogP contribution in [0.15, 0.2) is 51.6 Å². The van der Waals surface area contributed by atoms with Crippen molar-refractivity contribution in [1.82, 2.24) is 9.55 Å². The van der Waals surface area contributed by atoms with Gasteiger partial charge in [0.2, 0.25) is 0 Å². The molecular weight excluding hydrogens is 536 g/mol. The summed E-state index contributed by atoms with van der Waals surface area (Å²) in [5.74, 6) is -0.341. The highest BCUT2D eigenvalue weighted by Crippen LogP contribution is 2.39. The van der Waals surface area contributed by atoms with Crippen molar-refractivity contribution in [3.8, 4) is 11.3 Å². The van der Waals surface area contributed by atoms with Gasteiger partial charge in [-0.3, -0.25) is 0 Å². The number of rotatable bonds is 9. The van der Waals surface area contributed by atoms with Crippen LogP contribution in [0.25, 0.3) is 22.1 Å². The van der Waals surface area contributed by atoms with Gasteiger partial charge in [0.1, 0.15) is 11.6 Å². The van der Waals surface area contributed by atoms with Gasteiger partial charge < -0.3 is 18.8 Å². The fraction of sp³-hybridized carbons (Fsp3) is 0.269. The maximum Gasteiger partial charge on any atom is 0.358 e. The Morgan fingerprint density at radius 1 is 1.17 bits per heavy atom. The minimum absolute atomic E-state index is 0.132. The Bertz CT molecular complexity index is 1410. The van der Waals surface area contributed by atoms with Crippen LogP contribution in [-0.4, -0.2) is 33.2 Å². The molecule has 2 aromatic heterocycles. The lowest BCUT2D eigenvalue weighted by Gasteiger charge is -2.12. The number of nitrogens with zero attached hydrogens (tertiary/aromatic N) is 2. The van der Waals surface area contributed by atoms with Crippen LogP contribution in [0.5, 0.6) is 0 Å². The third-order valence-electron chi connectivity index (χ3n) is 5.70. The minimum Gasteiger partial charge on any atom is -0.478 e. The van der Waals surface area contributed by atoms with Gasteiger partial charge in [-0.2, -0.15) is 0 Å². The van der Waals surface area contributed by atoms with E-state index in [2.05, 4.69) is 27.8 Å². The van der Waals surface area contributed by atoms with Gasteiger partial charge in [0.25, 0.3) is 0 Å². The van der Waals surface area contributed by atoms with Gasteiger partial charge in [0, 0.05) is 29.3 Å². The lowest BCUT2D eigenvalue weighted by molar-refractivity contribution is 0.0513. The summed E-state index contributed by atoms with van der Waals surface area (Å²) in [5, 5.41) is 11.3. The Hall–Kier alpha value is -3.10. The molecule has 2 aromatic carbocycles. The molecule has 7 nitrogen and oxygen atoms in total. The van der Waals surface area contributed by atoms with Gasteiger partial charge in [-0.15, -0.1) is 0 Å². The number of furan rings is 1. The number of aromatic carboxylic acids is 1. The van der Waals surface area contributed by atoms with Crippen LogP contribution >= 0.6 is 27.5 Å². The Morgan fingerprint density at radius 3 is 2.66 bits per heavy atom. The van der Waals surface area contributed by atoms with E-state index in [0.29, 0.717) is 29.0 Å². The molecule has 0 unspecified atom stereocenters. The van der Waals surface area contributed by atoms with Gasteiger partial charge in [-0.1, -0.05) is 55.3 Å². The number of hydrogen-bond donors (Lipinski definition) is 1. The minimum atomic E-state index is -1.03. The van der Waals surface area contributed by atoms with Crippen LogP contribution in [0.1, 0.15) is 58.9 Å². The van der Waals surface area contributed by atoms with Crippen LogP contribution < -0.4 is 0 Å². The zero-order chi connectivity index (χ0) is 25.1. The topological polar surface area (TPSA) is 94.6 Å². The van der Waals surface area contributed by atoms with Crippen molar-refractivity contribution in [3.63, 3.8) is 0 Å². The fourth-order valence-corrected chi connectivity index (χ4v) is 4.82. The van der Waals surface area contributed by atoms with Crippen LogP contribution in [0.2, 0.25) is 5.15 Å². The van der Waals surface area contributed by atoms with E-state index >= 15 is 0 Å². The van der Waals surface area contributed by atoms with E-state index in [9.17, 15) is 14.7 Å². The molecule has 4 rings (SSSR count). The van der Waals surface area contributed by atoms with Crippen molar-refractivity contribution in [2.45, 2.75) is 39.7 Å². The number of esters is 1. The Balaban J connectivity index is 1.78. The van der Waals surface area contributed by atoms with E-state index in [0.717, 1.165) is 35.0 Å². The number of carbonyl (C=O) groups excluding carboxylic acids is 1. The summed E-state index contributed by atoms with van der Waals surface area (Å²) < 4.78 is 13.5. The van der Waals surface area contributed by atoms with Gasteiger partial charge in [0.15, 0.2) is 15.5 Å². The number of fused-ring (bicyclic) bond motifs is 1. The SMILES string of the molecule is CCCCc1nc(Cl)c(C(=O)OCC)n1Cc1ccc2c(-c3ccccc3C(=O)O)oc(Br)c2c1. The van der Waals surface area contributed by atoms with Gasteiger partial charge in [0.05, 0.1) is 12.2 Å². The third-order valence-corrected chi connectivity index (χ3v) is 6.55. The average molecular weight is 560 g/mol. The van der Waals surface area contributed by atoms with Gasteiger partial charge in [-0.25, -0.2) is 14.6 Å². The van der Waals surface area contributed by atoms with Crippen molar-refractivity contribution in [3.05, 3.63) is 74.9 Å². The van der Waals surface area contributed by atoms with Gasteiger partial charge >= 0.3 is 11.9 Å². The molecule has 0 saturated heterocycles. The molecule has 0 radical (unpaired) electrons. The van der Waals surface area contributed by atoms with E-state index in [1.807, 2.05) is 22.8 Å². The predicted octanol–water partition coefficient (Wildman–Crippen LogP) is 6.98. The molecule has 2 heterocycles. The molecule has 0 aliphatic heterocycles. The molecule has 0 spiro atoms. The van der Waals surface area contributed by atoms with Crippen LogP contribution in [-0.2, 0) is 17.7 Å². The summed E-state index contributed by atoms with van der Waals surface area (Å²) in [5.41, 5.74) is 1.79. The number of unbranched alkanes of at least 4 members (excludes halogenated alkanes) is 1. The second-order valence-electron chi connectivity index (χ2n) is 8.01. The van der Waals surface area contributed by atoms with Gasteiger partial charge in [-0.05, 0) is 47.0 Å². The largest absolute Gasteiger partial charge is 0.478 e. The molecule has 0 amide bonds. The molecule has 0 aliphatic rings. The zero-order valence-corrected chi connectivity index (χ0v) is 21.6. The molecule has 9 heteroatoms. The maximum absolute atomic E-state index is 12.6. The normalized spacial score (nSPS) is 11.2. The number of carbonyl (C=O) groups is 2. The second-order valence-corrected chi connectivity index (χ2v) is 9.09. The standard InChI is InChI=1S/C26H24BrClN2O5/c1-3-5-10-20-29-24(28)21(26(33)34-4-2)30(20)14-15-11-12-17-19(13-15)23(27)35-22(17)16-8-6-7-9-18(16)25(31)32/h6-9,11-13H,3-5,10,14H2,1-2H3,(H,31,32). The average Bonchev–Trinajstić information content (AvgIpc) is 3.33. The first-order valence-electron chi connectivity index (χ1n) is 11.3. The van der Waals surface area contributed by atoms with Crippen molar-refractivity contribution in [2.75, 3.05) is 6.61 Å². The molecule has 0 aliphatic carbocycles. The molecule has 4 aromatic rings. The Kier molecular flexibility index (Phi) is 7.62. The zero-order valence-electron chi connectivity index (χ0n) is 19.3. The quantitative estimate of drug-likeness (QED) is 0.222. The smallest absolute Gasteiger partial charge is 0.358 e. The summed E-state index contributed by atoms with van der Waals surface area (Å²) in [6, 6.07) is 12.5. The lowest BCUT2D eigenvalue weighted by Crippen LogP contribution is -2.15. The second kappa shape index (κ2) is 10.7. The van der Waals surface area contributed by atoms with E-state index < -0.39 is 11.9 Å². The molecule has 0 bridgehead atoms. The summed E-state index contributed by atoms with van der Waals surface area (Å²) in [7, 11) is 0. The summed E-state index contributed by atoms with van der Waals surface area (Å²) in [6.45, 7) is 4.43. The summed E-state index contributed by atoms with van der Waals surface area (Å²) >= 11 is 9.83. The Labute approximate surface area is 215 Å². The van der Waals surface area contributed by atoms with E-state index in [1.54, 1.807) is 31.2 Å². The van der Waals surface area contributed by atoms with Crippen molar-refractivity contribution in [2.24, 2.45) is 0 Å². The summed E-state index contributed by atoms with van der Waals surface area (Å²) in [4.78, 5) is 28.8. The number of aryl methyl sites for hydroxylation is 1.